The summed E-state index contributed by atoms with van der Waals surface area (Å²) in [6, 6.07) is 9.41. The second kappa shape index (κ2) is 5.99. The monoisotopic (exact) mass is 194 g/mol. The smallest absolute Gasteiger partial charge is 0.264 e. The molecule has 4 nitrogen and oxygen atoms in total. The molecule has 1 aromatic rings. The molecule has 0 aromatic heterocycles. The molecule has 0 radical (unpaired) electrons. The van der Waals surface area contributed by atoms with Crippen molar-refractivity contribution in [3.8, 4) is 0 Å². The minimum absolute atomic E-state index is 0.0797. The summed E-state index contributed by atoms with van der Waals surface area (Å²) in [6.45, 7) is 2.47. The predicted octanol–water partition coefficient (Wildman–Crippen LogP) is 1.17. The van der Waals surface area contributed by atoms with Crippen LogP contribution in [0.15, 0.2) is 30.3 Å². The van der Waals surface area contributed by atoms with Crippen LogP contribution in [0.25, 0.3) is 0 Å². The third-order valence-electron chi connectivity index (χ3n) is 1.56. The van der Waals surface area contributed by atoms with Crippen molar-refractivity contribution in [3.63, 3.8) is 0 Å². The molecule has 0 aliphatic carbocycles. The second-order valence-corrected chi connectivity index (χ2v) is 2.68. The number of anilines is 1. The molecule has 0 unspecified atom stereocenters. The van der Waals surface area contributed by atoms with Gasteiger partial charge < -0.3 is 4.74 Å². The summed E-state index contributed by atoms with van der Waals surface area (Å²) in [5.41, 5.74) is 6.14. The molecule has 0 heterocycles. The molecule has 0 spiro atoms. The van der Waals surface area contributed by atoms with Gasteiger partial charge in [-0.15, -0.1) is 0 Å². The Kier molecular flexibility index (Phi) is 4.50. The summed E-state index contributed by atoms with van der Waals surface area (Å²) >= 11 is 0. The standard InChI is InChI=1S/C10H14N2O2/c1-2-14-8-10(13)12-11-9-6-4-3-5-7-9/h3-7,11H,2,8H2,1H3,(H,12,13). The number of amides is 1. The van der Waals surface area contributed by atoms with E-state index in [9.17, 15) is 4.79 Å². The molecular weight excluding hydrogens is 180 g/mol. The quantitative estimate of drug-likeness (QED) is 0.692. The van der Waals surface area contributed by atoms with Crippen molar-refractivity contribution in [3.05, 3.63) is 30.3 Å². The first-order chi connectivity index (χ1) is 6.83. The number of hydrazine groups is 1. The molecule has 4 heteroatoms. The van der Waals surface area contributed by atoms with Crippen LogP contribution in [0.4, 0.5) is 5.69 Å². The van der Waals surface area contributed by atoms with Gasteiger partial charge in [0.2, 0.25) is 0 Å². The third-order valence-corrected chi connectivity index (χ3v) is 1.56. The Bertz CT molecular complexity index is 275. The minimum Gasteiger partial charge on any atom is -0.372 e. The van der Waals surface area contributed by atoms with E-state index in [0.717, 1.165) is 5.69 Å². The molecule has 0 aliphatic heterocycles. The van der Waals surface area contributed by atoms with Crippen molar-refractivity contribution >= 4 is 11.6 Å². The first kappa shape index (κ1) is 10.5. The van der Waals surface area contributed by atoms with Crippen LogP contribution < -0.4 is 10.9 Å². The van der Waals surface area contributed by atoms with Gasteiger partial charge in [0, 0.05) is 6.61 Å². The third kappa shape index (κ3) is 3.91. The molecule has 1 aromatic carbocycles. The Morgan fingerprint density at radius 3 is 2.71 bits per heavy atom. The Morgan fingerprint density at radius 1 is 1.36 bits per heavy atom. The van der Waals surface area contributed by atoms with Crippen molar-refractivity contribution in [2.75, 3.05) is 18.6 Å². The van der Waals surface area contributed by atoms with Crippen molar-refractivity contribution in [2.45, 2.75) is 6.92 Å². The maximum absolute atomic E-state index is 11.1. The fourth-order valence-corrected chi connectivity index (χ4v) is 0.894. The number of ether oxygens (including phenoxy) is 1. The van der Waals surface area contributed by atoms with Crippen LogP contribution >= 0.6 is 0 Å². The molecule has 14 heavy (non-hydrogen) atoms. The summed E-state index contributed by atoms with van der Waals surface area (Å²) in [5, 5.41) is 0. The molecule has 1 amide bonds. The number of hydrogen-bond acceptors (Lipinski definition) is 3. The van der Waals surface area contributed by atoms with E-state index < -0.39 is 0 Å². The van der Waals surface area contributed by atoms with Crippen LogP contribution in [0.5, 0.6) is 0 Å². The average molecular weight is 194 g/mol. The van der Waals surface area contributed by atoms with E-state index in [2.05, 4.69) is 10.9 Å². The average Bonchev–Trinajstić information content (AvgIpc) is 2.25. The van der Waals surface area contributed by atoms with Crippen LogP contribution in [-0.4, -0.2) is 19.1 Å². The molecular formula is C10H14N2O2. The predicted molar refractivity (Wildman–Crippen MR) is 54.7 cm³/mol. The van der Waals surface area contributed by atoms with Crippen molar-refractivity contribution in [1.29, 1.82) is 0 Å². The van der Waals surface area contributed by atoms with Gasteiger partial charge in [-0.25, -0.2) is 0 Å². The zero-order valence-corrected chi connectivity index (χ0v) is 8.12. The van der Waals surface area contributed by atoms with E-state index in [-0.39, 0.29) is 12.5 Å². The lowest BCUT2D eigenvalue weighted by molar-refractivity contribution is -0.125. The molecule has 2 N–H and O–H groups in total. The molecule has 1 rings (SSSR count). The number of benzene rings is 1. The summed E-state index contributed by atoms with van der Waals surface area (Å²) in [6.07, 6.45) is 0. The van der Waals surface area contributed by atoms with Crippen LogP contribution in [0.1, 0.15) is 6.92 Å². The highest BCUT2D eigenvalue weighted by Crippen LogP contribution is 2.02. The molecule has 0 fully saturated rings. The van der Waals surface area contributed by atoms with Crippen molar-refractivity contribution in [1.82, 2.24) is 5.43 Å². The highest BCUT2D eigenvalue weighted by Gasteiger charge is 1.98. The van der Waals surface area contributed by atoms with Crippen molar-refractivity contribution < 1.29 is 9.53 Å². The highest BCUT2D eigenvalue weighted by molar-refractivity contribution is 5.78. The van der Waals surface area contributed by atoms with E-state index in [1.165, 1.54) is 0 Å². The van der Waals surface area contributed by atoms with E-state index in [1.54, 1.807) is 0 Å². The fourth-order valence-electron chi connectivity index (χ4n) is 0.894. The molecule has 0 saturated carbocycles. The molecule has 0 atom stereocenters. The molecule has 0 aliphatic rings. The summed E-state index contributed by atoms with van der Waals surface area (Å²) in [5.74, 6) is -0.185. The maximum Gasteiger partial charge on any atom is 0.264 e. The Hall–Kier alpha value is -1.55. The van der Waals surface area contributed by atoms with Gasteiger partial charge in [-0.1, -0.05) is 18.2 Å². The molecule has 0 saturated heterocycles. The second-order valence-electron chi connectivity index (χ2n) is 2.68. The topological polar surface area (TPSA) is 50.4 Å². The van der Waals surface area contributed by atoms with Gasteiger partial charge in [0.25, 0.3) is 5.91 Å². The first-order valence-corrected chi connectivity index (χ1v) is 4.50. The van der Waals surface area contributed by atoms with Gasteiger partial charge in [0.15, 0.2) is 0 Å². The van der Waals surface area contributed by atoms with Gasteiger partial charge in [0.1, 0.15) is 6.61 Å². The number of hydrogen-bond donors (Lipinski definition) is 2. The van der Waals surface area contributed by atoms with E-state index >= 15 is 0 Å². The largest absolute Gasteiger partial charge is 0.372 e. The van der Waals surface area contributed by atoms with Crippen LogP contribution in [0, 0.1) is 0 Å². The number of carbonyl (C=O) groups is 1. The van der Waals surface area contributed by atoms with E-state index in [0.29, 0.717) is 6.61 Å². The Labute approximate surface area is 83.2 Å². The maximum atomic E-state index is 11.1. The highest BCUT2D eigenvalue weighted by atomic mass is 16.5. The minimum atomic E-state index is -0.185. The molecule has 0 bridgehead atoms. The Balaban J connectivity index is 2.24. The number of carbonyl (C=O) groups excluding carboxylic acids is 1. The van der Waals surface area contributed by atoms with Gasteiger partial charge in [-0.05, 0) is 19.1 Å². The lowest BCUT2D eigenvalue weighted by Crippen LogP contribution is -2.32. The molecule has 76 valence electrons. The van der Waals surface area contributed by atoms with E-state index in [4.69, 9.17) is 4.74 Å². The number of para-hydroxylation sites is 1. The van der Waals surface area contributed by atoms with Gasteiger partial charge >= 0.3 is 0 Å². The van der Waals surface area contributed by atoms with Crippen LogP contribution in [0.3, 0.4) is 0 Å². The van der Waals surface area contributed by atoms with Gasteiger partial charge in [-0.2, -0.15) is 0 Å². The van der Waals surface area contributed by atoms with Crippen LogP contribution in [0.2, 0.25) is 0 Å². The normalized spacial score (nSPS) is 9.50. The number of rotatable bonds is 5. The lowest BCUT2D eigenvalue weighted by Gasteiger charge is -2.07. The van der Waals surface area contributed by atoms with Crippen molar-refractivity contribution in [2.24, 2.45) is 0 Å². The summed E-state index contributed by atoms with van der Waals surface area (Å²) in [7, 11) is 0. The summed E-state index contributed by atoms with van der Waals surface area (Å²) < 4.78 is 4.93. The summed E-state index contributed by atoms with van der Waals surface area (Å²) in [4.78, 5) is 11.1. The number of nitrogens with one attached hydrogen (secondary N) is 2. The van der Waals surface area contributed by atoms with E-state index in [1.807, 2.05) is 37.3 Å². The zero-order chi connectivity index (χ0) is 10.2. The lowest BCUT2D eigenvalue weighted by atomic mass is 10.3. The van der Waals surface area contributed by atoms with Gasteiger partial charge in [-0.3, -0.25) is 15.6 Å². The SMILES string of the molecule is CCOCC(=O)NNc1ccccc1. The fraction of sp³-hybridized carbons (Fsp3) is 0.300. The Morgan fingerprint density at radius 2 is 2.07 bits per heavy atom. The van der Waals surface area contributed by atoms with Gasteiger partial charge in [0.05, 0.1) is 5.69 Å². The first-order valence-electron chi connectivity index (χ1n) is 4.50. The zero-order valence-electron chi connectivity index (χ0n) is 8.12. The van der Waals surface area contributed by atoms with Crippen LogP contribution in [-0.2, 0) is 9.53 Å².